The summed E-state index contributed by atoms with van der Waals surface area (Å²) in [5.74, 6) is 0.105. The molecule has 2 amide bonds. The summed E-state index contributed by atoms with van der Waals surface area (Å²) < 4.78 is 0. The van der Waals surface area contributed by atoms with Gasteiger partial charge in [-0.2, -0.15) is 0 Å². The molecule has 1 aromatic carbocycles. The molecule has 0 heterocycles. The molecule has 0 bridgehead atoms. The van der Waals surface area contributed by atoms with E-state index in [0.29, 0.717) is 11.8 Å². The third-order valence-electron chi connectivity index (χ3n) is 4.01. The first-order valence-electron chi connectivity index (χ1n) is 7.61. The van der Waals surface area contributed by atoms with Crippen molar-refractivity contribution in [2.24, 2.45) is 11.8 Å². The lowest BCUT2D eigenvalue weighted by molar-refractivity contribution is -0.384. The lowest BCUT2D eigenvalue weighted by Crippen LogP contribution is -2.41. The van der Waals surface area contributed by atoms with Gasteiger partial charge in [0.25, 0.3) is 17.5 Å². The van der Waals surface area contributed by atoms with Crippen molar-refractivity contribution in [1.82, 2.24) is 10.9 Å². The molecule has 0 spiro atoms. The van der Waals surface area contributed by atoms with Gasteiger partial charge in [0, 0.05) is 23.8 Å². The maximum Gasteiger partial charge on any atom is 0.270 e. The first-order chi connectivity index (χ1) is 11.0. The molecular formula is C16H17N3O4. The number of amides is 2. The van der Waals surface area contributed by atoms with Crippen molar-refractivity contribution >= 4 is 17.5 Å². The Bertz CT molecular complexity index is 676. The van der Waals surface area contributed by atoms with E-state index in [0.717, 1.165) is 31.7 Å². The zero-order valence-electron chi connectivity index (χ0n) is 12.5. The number of hydrazine groups is 1. The van der Waals surface area contributed by atoms with Crippen molar-refractivity contribution < 1.29 is 14.5 Å². The van der Waals surface area contributed by atoms with Crippen molar-refractivity contribution in [1.29, 1.82) is 0 Å². The fourth-order valence-electron chi connectivity index (χ4n) is 2.54. The highest BCUT2D eigenvalue weighted by Crippen LogP contribution is 2.48. The molecule has 2 aliphatic rings. The normalized spacial score (nSPS) is 16.3. The Morgan fingerprint density at radius 3 is 2.35 bits per heavy atom. The molecule has 1 aromatic rings. The summed E-state index contributed by atoms with van der Waals surface area (Å²) in [7, 11) is 0. The third kappa shape index (κ3) is 3.94. The Kier molecular flexibility index (Phi) is 4.10. The molecule has 3 rings (SSSR count). The molecule has 0 aromatic heterocycles. The Labute approximate surface area is 132 Å². The number of allylic oxidation sites excluding steroid dienone is 1. The van der Waals surface area contributed by atoms with E-state index in [1.54, 1.807) is 6.08 Å². The second-order valence-corrected chi connectivity index (χ2v) is 5.94. The van der Waals surface area contributed by atoms with E-state index in [-0.39, 0.29) is 17.2 Å². The Morgan fingerprint density at radius 1 is 1.13 bits per heavy atom. The predicted molar refractivity (Wildman–Crippen MR) is 82.2 cm³/mol. The molecule has 2 aliphatic carbocycles. The maximum absolute atomic E-state index is 11.9. The highest BCUT2D eigenvalue weighted by molar-refractivity contribution is 5.97. The summed E-state index contributed by atoms with van der Waals surface area (Å²) in [6, 6.07) is 5.34. The van der Waals surface area contributed by atoms with Crippen molar-refractivity contribution in [3.8, 4) is 0 Å². The number of rotatable bonds is 5. The van der Waals surface area contributed by atoms with E-state index in [1.807, 2.05) is 0 Å². The molecule has 0 atom stereocenters. The first kappa shape index (κ1) is 15.2. The predicted octanol–water partition coefficient (Wildman–Crippen LogP) is 2.10. The molecule has 2 saturated carbocycles. The lowest BCUT2D eigenvalue weighted by atomic mass is 10.1. The first-order valence-corrected chi connectivity index (χ1v) is 7.61. The zero-order valence-corrected chi connectivity index (χ0v) is 12.5. The third-order valence-corrected chi connectivity index (χ3v) is 4.01. The molecule has 0 radical (unpaired) electrons. The average molecular weight is 315 g/mol. The smallest absolute Gasteiger partial charge is 0.268 e. The second kappa shape index (κ2) is 6.20. The number of carbonyl (C=O) groups excluding carboxylic acids is 2. The van der Waals surface area contributed by atoms with Crippen LogP contribution in [0.25, 0.3) is 0 Å². The summed E-state index contributed by atoms with van der Waals surface area (Å²) in [5.41, 5.74) is 5.76. The van der Waals surface area contributed by atoms with Crippen LogP contribution in [0.15, 0.2) is 35.9 Å². The number of nitro benzene ring substituents is 1. The van der Waals surface area contributed by atoms with Gasteiger partial charge in [-0.25, -0.2) is 0 Å². The van der Waals surface area contributed by atoms with Crippen LogP contribution in [0.2, 0.25) is 0 Å². The highest BCUT2D eigenvalue weighted by Gasteiger charge is 2.36. The number of nitro groups is 1. The number of carbonyl (C=O) groups is 2. The van der Waals surface area contributed by atoms with E-state index in [1.165, 1.54) is 23.8 Å². The Balaban J connectivity index is 1.58. The molecular weight excluding hydrogens is 298 g/mol. The average Bonchev–Trinajstić information content (AvgIpc) is 3.43. The van der Waals surface area contributed by atoms with E-state index in [2.05, 4.69) is 10.9 Å². The monoisotopic (exact) mass is 315 g/mol. The van der Waals surface area contributed by atoms with Crippen LogP contribution in [0.4, 0.5) is 5.69 Å². The van der Waals surface area contributed by atoms with Crippen LogP contribution in [0.5, 0.6) is 0 Å². The topological polar surface area (TPSA) is 101 Å². The standard InChI is InChI=1S/C16H17N3O4/c20-15(9-14(10-4-5-10)11-6-7-11)17-18-16(21)12-2-1-3-13(8-12)19(22)23/h1-3,8-11H,4-7H2,(H,17,20)(H,18,21). The SMILES string of the molecule is O=C(C=C(C1CC1)C1CC1)NNC(=O)c1cccc([N+](=O)[O-])c1. The van der Waals surface area contributed by atoms with Crippen LogP contribution in [-0.2, 0) is 4.79 Å². The quantitative estimate of drug-likeness (QED) is 0.493. The number of nitrogens with zero attached hydrogens (tertiary/aromatic N) is 1. The highest BCUT2D eigenvalue weighted by atomic mass is 16.6. The van der Waals surface area contributed by atoms with Crippen LogP contribution in [-0.4, -0.2) is 16.7 Å². The minimum Gasteiger partial charge on any atom is -0.268 e. The van der Waals surface area contributed by atoms with Gasteiger partial charge in [0.05, 0.1) is 4.92 Å². The van der Waals surface area contributed by atoms with Crippen LogP contribution in [0, 0.1) is 22.0 Å². The van der Waals surface area contributed by atoms with Gasteiger partial charge in [-0.05, 0) is 43.6 Å². The summed E-state index contributed by atoms with van der Waals surface area (Å²) in [6.45, 7) is 0. The van der Waals surface area contributed by atoms with E-state index < -0.39 is 10.8 Å². The molecule has 120 valence electrons. The fourth-order valence-corrected chi connectivity index (χ4v) is 2.54. The van der Waals surface area contributed by atoms with Gasteiger partial charge in [-0.15, -0.1) is 0 Å². The minimum absolute atomic E-state index is 0.119. The summed E-state index contributed by atoms with van der Waals surface area (Å²) in [4.78, 5) is 34.0. The van der Waals surface area contributed by atoms with Gasteiger partial charge in [-0.1, -0.05) is 11.6 Å². The molecule has 2 N–H and O–H groups in total. The number of nitrogens with one attached hydrogen (secondary N) is 2. The molecule has 0 aliphatic heterocycles. The maximum atomic E-state index is 11.9. The molecule has 0 saturated heterocycles. The van der Waals surface area contributed by atoms with Crippen LogP contribution in [0.1, 0.15) is 36.0 Å². The Hall–Kier alpha value is -2.70. The minimum atomic E-state index is -0.588. The van der Waals surface area contributed by atoms with Crippen LogP contribution >= 0.6 is 0 Å². The van der Waals surface area contributed by atoms with Gasteiger partial charge in [0.1, 0.15) is 0 Å². The van der Waals surface area contributed by atoms with Crippen molar-refractivity contribution in [2.45, 2.75) is 25.7 Å². The molecule has 2 fully saturated rings. The number of benzene rings is 1. The van der Waals surface area contributed by atoms with Gasteiger partial charge in [-0.3, -0.25) is 30.6 Å². The largest absolute Gasteiger partial charge is 0.270 e. The van der Waals surface area contributed by atoms with Gasteiger partial charge in [0.15, 0.2) is 0 Å². The van der Waals surface area contributed by atoms with Crippen LogP contribution < -0.4 is 10.9 Å². The molecule has 7 nitrogen and oxygen atoms in total. The van der Waals surface area contributed by atoms with Gasteiger partial charge >= 0.3 is 0 Å². The van der Waals surface area contributed by atoms with Crippen LogP contribution in [0.3, 0.4) is 0 Å². The second-order valence-electron chi connectivity index (χ2n) is 5.94. The Morgan fingerprint density at radius 2 is 1.78 bits per heavy atom. The lowest BCUT2D eigenvalue weighted by Gasteiger charge is -2.07. The summed E-state index contributed by atoms with van der Waals surface area (Å²) >= 11 is 0. The number of non-ortho nitro benzene ring substituents is 1. The van der Waals surface area contributed by atoms with Crippen molar-refractivity contribution in [3.63, 3.8) is 0 Å². The van der Waals surface area contributed by atoms with E-state index in [4.69, 9.17) is 0 Å². The molecule has 0 unspecified atom stereocenters. The zero-order chi connectivity index (χ0) is 16.4. The molecule has 23 heavy (non-hydrogen) atoms. The fraction of sp³-hybridized carbons (Fsp3) is 0.375. The number of hydrogen-bond donors (Lipinski definition) is 2. The van der Waals surface area contributed by atoms with Crippen molar-refractivity contribution in [2.75, 3.05) is 0 Å². The summed E-state index contributed by atoms with van der Waals surface area (Å²) in [6.07, 6.45) is 6.12. The van der Waals surface area contributed by atoms with Gasteiger partial charge < -0.3 is 0 Å². The number of hydrogen-bond acceptors (Lipinski definition) is 4. The summed E-state index contributed by atoms with van der Waals surface area (Å²) in [5, 5.41) is 10.7. The van der Waals surface area contributed by atoms with Gasteiger partial charge in [0.2, 0.25) is 0 Å². The van der Waals surface area contributed by atoms with E-state index >= 15 is 0 Å². The molecule has 7 heteroatoms. The van der Waals surface area contributed by atoms with E-state index in [9.17, 15) is 19.7 Å². The van der Waals surface area contributed by atoms with Crippen molar-refractivity contribution in [3.05, 3.63) is 51.6 Å².